The van der Waals surface area contributed by atoms with E-state index in [0.29, 0.717) is 12.1 Å². The fourth-order valence-electron chi connectivity index (χ4n) is 3.72. The van der Waals surface area contributed by atoms with Crippen LogP contribution in [0.4, 0.5) is 0 Å². The van der Waals surface area contributed by atoms with Crippen LogP contribution in [0.25, 0.3) is 17.7 Å². The van der Waals surface area contributed by atoms with E-state index in [4.69, 9.17) is 4.98 Å². The van der Waals surface area contributed by atoms with Crippen LogP contribution in [0.5, 0.6) is 0 Å². The van der Waals surface area contributed by atoms with Crippen LogP contribution in [0.3, 0.4) is 0 Å². The lowest BCUT2D eigenvalue weighted by Crippen LogP contribution is -2.24. The smallest absolute Gasteiger partial charge is 0.251 e. The molecule has 1 aliphatic rings. The highest BCUT2D eigenvalue weighted by molar-refractivity contribution is 7.99. The Morgan fingerprint density at radius 2 is 1.85 bits per heavy atom. The predicted octanol–water partition coefficient (Wildman–Crippen LogP) is 8.11. The molecule has 1 amide bonds. The molecule has 3 aromatic rings. The van der Waals surface area contributed by atoms with E-state index in [0.717, 1.165) is 52.1 Å². The van der Waals surface area contributed by atoms with Crippen LogP contribution in [0.1, 0.15) is 79.7 Å². The Kier molecular flexibility index (Phi) is 9.72. The summed E-state index contributed by atoms with van der Waals surface area (Å²) in [7, 11) is 0. The Hall–Kier alpha value is -3.11. The van der Waals surface area contributed by atoms with Crippen LogP contribution in [0.2, 0.25) is 0 Å². The average molecular weight is 471 g/mol. The monoisotopic (exact) mass is 470 g/mol. The van der Waals surface area contributed by atoms with Crippen molar-refractivity contribution in [1.82, 2.24) is 10.3 Å². The molecule has 3 nitrogen and oxygen atoms in total. The summed E-state index contributed by atoms with van der Waals surface area (Å²) in [6.45, 7) is 8.96. The fourth-order valence-corrected chi connectivity index (χ4v) is 4.77. The van der Waals surface area contributed by atoms with Crippen molar-refractivity contribution in [1.29, 1.82) is 0 Å². The van der Waals surface area contributed by atoms with Crippen molar-refractivity contribution in [2.45, 2.75) is 56.7 Å². The van der Waals surface area contributed by atoms with Crippen molar-refractivity contribution in [2.75, 3.05) is 6.54 Å². The third-order valence-corrected chi connectivity index (χ3v) is 6.58. The van der Waals surface area contributed by atoms with Gasteiger partial charge in [0.05, 0.1) is 5.69 Å². The topological polar surface area (TPSA) is 42.0 Å². The van der Waals surface area contributed by atoms with Crippen molar-refractivity contribution in [2.24, 2.45) is 0 Å². The van der Waals surface area contributed by atoms with Crippen LogP contribution >= 0.6 is 11.8 Å². The van der Waals surface area contributed by atoms with Gasteiger partial charge in [0, 0.05) is 39.2 Å². The molecule has 1 aliphatic heterocycles. The standard InChI is InChI=1S/C28H28N2OS.C2H6/c1-3-5-10-20-11-9-17-29-27(20)24-19-22-18-21(28(31)30-16-6-4-2)14-15-25(22)32-26-13-8-7-12-23(24)26;1-2/h5,7-15,17-19H,3-4,6,16H2,1-2H3,(H,30,31);1-2H3/b10-5-;. The average Bonchev–Trinajstić information content (AvgIpc) is 3.05. The summed E-state index contributed by atoms with van der Waals surface area (Å²) in [5.41, 5.74) is 6.02. The number of amides is 1. The van der Waals surface area contributed by atoms with Gasteiger partial charge in [-0.25, -0.2) is 0 Å². The highest BCUT2D eigenvalue weighted by Crippen LogP contribution is 2.43. The van der Waals surface area contributed by atoms with E-state index in [2.05, 4.69) is 73.8 Å². The number of pyridine rings is 1. The fraction of sp³-hybridized carbons (Fsp3) is 0.267. The van der Waals surface area contributed by atoms with Crippen molar-refractivity contribution < 1.29 is 4.79 Å². The molecule has 4 heteroatoms. The molecule has 176 valence electrons. The number of carbonyl (C=O) groups is 1. The van der Waals surface area contributed by atoms with Gasteiger partial charge in [-0.15, -0.1) is 0 Å². The highest BCUT2D eigenvalue weighted by Gasteiger charge is 2.20. The summed E-state index contributed by atoms with van der Waals surface area (Å²) in [6.07, 6.45) is 11.3. The molecule has 4 rings (SSSR count). The van der Waals surface area contributed by atoms with Gasteiger partial charge in [0.25, 0.3) is 5.91 Å². The molecule has 0 fully saturated rings. The minimum Gasteiger partial charge on any atom is -0.352 e. The summed E-state index contributed by atoms with van der Waals surface area (Å²) >= 11 is 1.74. The number of aromatic nitrogens is 1. The molecule has 0 saturated heterocycles. The second-order valence-electron chi connectivity index (χ2n) is 7.77. The SMILES string of the molecule is CC.CC/C=C\c1cccnc1C1=Cc2cc(C(=O)NCCCC)ccc2Sc2ccccc21. The quantitative estimate of drug-likeness (QED) is 0.277. The van der Waals surface area contributed by atoms with E-state index in [1.54, 1.807) is 11.8 Å². The molecule has 0 bridgehead atoms. The first-order valence-corrected chi connectivity index (χ1v) is 13.1. The van der Waals surface area contributed by atoms with Gasteiger partial charge in [0.1, 0.15) is 0 Å². The Bertz CT molecular complexity index is 1180. The van der Waals surface area contributed by atoms with Gasteiger partial charge in [-0.3, -0.25) is 9.78 Å². The van der Waals surface area contributed by atoms with Gasteiger partial charge < -0.3 is 5.32 Å². The lowest BCUT2D eigenvalue weighted by molar-refractivity contribution is 0.0953. The lowest BCUT2D eigenvalue weighted by atomic mass is 9.95. The van der Waals surface area contributed by atoms with E-state index >= 15 is 0 Å². The Morgan fingerprint density at radius 1 is 1.03 bits per heavy atom. The first-order valence-electron chi connectivity index (χ1n) is 12.2. The molecule has 1 N–H and O–H groups in total. The maximum Gasteiger partial charge on any atom is 0.251 e. The molecule has 0 atom stereocenters. The van der Waals surface area contributed by atoms with Crippen LogP contribution < -0.4 is 5.32 Å². The number of hydrogen-bond donors (Lipinski definition) is 1. The maximum absolute atomic E-state index is 12.7. The number of hydrogen-bond acceptors (Lipinski definition) is 3. The summed E-state index contributed by atoms with van der Waals surface area (Å²) in [4.78, 5) is 19.8. The highest BCUT2D eigenvalue weighted by atomic mass is 32.2. The normalized spacial score (nSPS) is 12.1. The lowest BCUT2D eigenvalue weighted by Gasteiger charge is -2.12. The molecule has 0 unspecified atom stereocenters. The molecule has 2 aromatic carbocycles. The molecule has 34 heavy (non-hydrogen) atoms. The van der Waals surface area contributed by atoms with Gasteiger partial charge >= 0.3 is 0 Å². The van der Waals surface area contributed by atoms with Crippen LogP contribution in [0.15, 0.2) is 76.7 Å². The molecule has 1 aromatic heterocycles. The van der Waals surface area contributed by atoms with Crippen LogP contribution in [-0.4, -0.2) is 17.4 Å². The third kappa shape index (κ3) is 6.06. The zero-order valence-electron chi connectivity index (χ0n) is 20.6. The second-order valence-corrected chi connectivity index (χ2v) is 8.85. The summed E-state index contributed by atoms with van der Waals surface area (Å²) in [5.74, 6) is -0.0210. The molecule has 2 heterocycles. The molecular weight excluding hydrogens is 436 g/mol. The minimum absolute atomic E-state index is 0.0210. The van der Waals surface area contributed by atoms with Crippen molar-refractivity contribution in [3.63, 3.8) is 0 Å². The third-order valence-electron chi connectivity index (χ3n) is 5.41. The number of fused-ring (bicyclic) bond motifs is 2. The molecular formula is C30H34N2OS. The van der Waals surface area contributed by atoms with Crippen molar-refractivity contribution >= 4 is 35.4 Å². The summed E-state index contributed by atoms with van der Waals surface area (Å²) < 4.78 is 0. The Balaban J connectivity index is 0.00000158. The van der Waals surface area contributed by atoms with Gasteiger partial charge in [0.2, 0.25) is 0 Å². The number of carbonyl (C=O) groups excluding carboxylic acids is 1. The molecule has 0 spiro atoms. The number of unbranched alkanes of at least 4 members (excludes halogenated alkanes) is 1. The number of rotatable bonds is 7. The Labute approximate surface area is 208 Å². The van der Waals surface area contributed by atoms with E-state index in [1.165, 1.54) is 4.90 Å². The number of nitrogens with one attached hydrogen (secondary N) is 1. The summed E-state index contributed by atoms with van der Waals surface area (Å²) in [5, 5.41) is 3.03. The Morgan fingerprint density at radius 3 is 2.65 bits per heavy atom. The first-order chi connectivity index (χ1) is 16.7. The van der Waals surface area contributed by atoms with E-state index in [1.807, 2.05) is 38.2 Å². The zero-order valence-corrected chi connectivity index (χ0v) is 21.4. The molecule has 0 saturated carbocycles. The maximum atomic E-state index is 12.7. The van der Waals surface area contributed by atoms with Gasteiger partial charge in [-0.05, 0) is 60.4 Å². The van der Waals surface area contributed by atoms with E-state index in [-0.39, 0.29) is 5.91 Å². The number of allylic oxidation sites excluding steroid dienone is 1. The van der Waals surface area contributed by atoms with Gasteiger partial charge in [-0.2, -0.15) is 0 Å². The number of benzene rings is 2. The first kappa shape index (κ1) is 25.5. The van der Waals surface area contributed by atoms with Gasteiger partial charge in [0.15, 0.2) is 0 Å². The van der Waals surface area contributed by atoms with E-state index < -0.39 is 0 Å². The number of nitrogens with zero attached hydrogens (tertiary/aromatic N) is 1. The second kappa shape index (κ2) is 13.0. The molecule has 0 aliphatic carbocycles. The van der Waals surface area contributed by atoms with E-state index in [9.17, 15) is 4.79 Å². The van der Waals surface area contributed by atoms with Crippen LogP contribution in [-0.2, 0) is 0 Å². The summed E-state index contributed by atoms with van der Waals surface area (Å²) in [6, 6.07) is 18.5. The van der Waals surface area contributed by atoms with Crippen molar-refractivity contribution in [3.8, 4) is 0 Å². The largest absolute Gasteiger partial charge is 0.352 e. The predicted molar refractivity (Wildman–Crippen MR) is 146 cm³/mol. The van der Waals surface area contributed by atoms with Crippen molar-refractivity contribution in [3.05, 3.63) is 94.8 Å². The molecule has 0 radical (unpaired) electrons. The van der Waals surface area contributed by atoms with Crippen LogP contribution in [0, 0.1) is 0 Å². The van der Waals surface area contributed by atoms with Gasteiger partial charge in [-0.1, -0.05) is 82.3 Å². The minimum atomic E-state index is -0.0210. The zero-order chi connectivity index (χ0) is 24.3.